The third-order valence-corrected chi connectivity index (χ3v) is 6.94. The Balaban J connectivity index is 1.12. The number of aliphatic hydroxyl groups excluding tert-OH is 1. The van der Waals surface area contributed by atoms with E-state index in [4.69, 9.17) is 4.52 Å². The SMILES string of the molecule is Cc1ccc(CO)cc1-c1ccc(-c2cc(C(=O)N3CCN(c4nc5ccccc5[nH]4)CC3)no2)cc1. The molecular formula is C29H27N5O3. The lowest BCUT2D eigenvalue weighted by molar-refractivity contribution is 0.0736. The standard InChI is InChI=1S/C29H27N5O3/c1-19-6-7-20(18-35)16-23(19)21-8-10-22(11-9-21)27-17-26(32-37-27)28(36)33-12-14-34(15-13-33)29-30-24-4-2-3-5-25(24)31-29/h2-11,16-17,35H,12-15,18H2,1H3,(H,30,31). The zero-order chi connectivity index (χ0) is 25.4. The van der Waals surface area contributed by atoms with Crippen molar-refractivity contribution in [1.29, 1.82) is 0 Å². The third kappa shape index (κ3) is 4.47. The van der Waals surface area contributed by atoms with Crippen LogP contribution in [0, 0.1) is 6.92 Å². The van der Waals surface area contributed by atoms with E-state index in [-0.39, 0.29) is 12.5 Å². The first kappa shape index (κ1) is 23.0. The first-order chi connectivity index (χ1) is 18.1. The van der Waals surface area contributed by atoms with E-state index >= 15 is 0 Å². The number of piperazine rings is 1. The number of fused-ring (bicyclic) bond motifs is 1. The van der Waals surface area contributed by atoms with Gasteiger partial charge in [0.15, 0.2) is 11.5 Å². The van der Waals surface area contributed by atoms with Gasteiger partial charge in [0.05, 0.1) is 17.6 Å². The van der Waals surface area contributed by atoms with E-state index in [1.54, 1.807) is 11.0 Å². The fourth-order valence-corrected chi connectivity index (χ4v) is 4.78. The fraction of sp³-hybridized carbons (Fsp3) is 0.207. The predicted octanol–water partition coefficient (Wildman–Crippen LogP) is 4.65. The Kier molecular flexibility index (Phi) is 5.94. The molecule has 1 saturated heterocycles. The molecule has 37 heavy (non-hydrogen) atoms. The van der Waals surface area contributed by atoms with E-state index in [1.807, 2.05) is 66.7 Å². The number of nitrogens with one attached hydrogen (secondary N) is 1. The van der Waals surface area contributed by atoms with Gasteiger partial charge in [0, 0.05) is 37.8 Å². The Bertz CT molecular complexity index is 1530. The monoisotopic (exact) mass is 493 g/mol. The highest BCUT2D eigenvalue weighted by Gasteiger charge is 2.26. The van der Waals surface area contributed by atoms with Gasteiger partial charge in [-0.3, -0.25) is 4.79 Å². The summed E-state index contributed by atoms with van der Waals surface area (Å²) >= 11 is 0. The molecule has 0 unspecified atom stereocenters. The molecule has 6 rings (SSSR count). The second kappa shape index (κ2) is 9.55. The van der Waals surface area contributed by atoms with E-state index in [0.717, 1.165) is 44.8 Å². The molecule has 2 aromatic heterocycles. The molecule has 3 aromatic carbocycles. The van der Waals surface area contributed by atoms with Crippen molar-refractivity contribution >= 4 is 22.9 Å². The second-order valence-corrected chi connectivity index (χ2v) is 9.32. The largest absolute Gasteiger partial charge is 0.392 e. The molecule has 0 spiro atoms. The molecule has 1 fully saturated rings. The molecule has 0 bridgehead atoms. The Hall–Kier alpha value is -4.43. The molecule has 1 amide bonds. The molecule has 8 heteroatoms. The highest BCUT2D eigenvalue weighted by molar-refractivity contribution is 5.93. The van der Waals surface area contributed by atoms with Crippen LogP contribution in [0.2, 0.25) is 0 Å². The topological polar surface area (TPSA) is 98.5 Å². The minimum absolute atomic E-state index is 0.00911. The molecule has 8 nitrogen and oxygen atoms in total. The van der Waals surface area contributed by atoms with Gasteiger partial charge in [0.1, 0.15) is 0 Å². The summed E-state index contributed by atoms with van der Waals surface area (Å²) in [4.78, 5) is 25.1. The number of benzene rings is 3. The molecule has 0 atom stereocenters. The first-order valence-electron chi connectivity index (χ1n) is 12.4. The summed E-state index contributed by atoms with van der Waals surface area (Å²) in [6.45, 7) is 4.60. The van der Waals surface area contributed by atoms with E-state index in [9.17, 15) is 9.90 Å². The zero-order valence-electron chi connectivity index (χ0n) is 20.5. The maximum Gasteiger partial charge on any atom is 0.276 e. The summed E-state index contributed by atoms with van der Waals surface area (Å²) < 4.78 is 5.54. The third-order valence-electron chi connectivity index (χ3n) is 6.94. The molecule has 1 aliphatic heterocycles. The Labute approximate surface area is 214 Å². The summed E-state index contributed by atoms with van der Waals surface area (Å²) in [6.07, 6.45) is 0. The number of para-hydroxylation sites is 2. The average Bonchev–Trinajstić information content (AvgIpc) is 3.61. The van der Waals surface area contributed by atoms with Crippen LogP contribution in [0.3, 0.4) is 0 Å². The molecule has 5 aromatic rings. The lowest BCUT2D eigenvalue weighted by atomic mass is 9.97. The van der Waals surface area contributed by atoms with Crippen LogP contribution in [0.25, 0.3) is 33.5 Å². The Morgan fingerprint density at radius 1 is 0.973 bits per heavy atom. The van der Waals surface area contributed by atoms with Crippen molar-refractivity contribution in [2.45, 2.75) is 13.5 Å². The predicted molar refractivity (Wildman–Crippen MR) is 142 cm³/mol. The van der Waals surface area contributed by atoms with Crippen LogP contribution < -0.4 is 4.90 Å². The number of rotatable bonds is 5. The number of imidazole rings is 1. The molecule has 3 heterocycles. The second-order valence-electron chi connectivity index (χ2n) is 9.32. The Morgan fingerprint density at radius 2 is 1.73 bits per heavy atom. The summed E-state index contributed by atoms with van der Waals surface area (Å²) in [5, 5.41) is 13.5. The maximum absolute atomic E-state index is 13.1. The number of aryl methyl sites for hydroxylation is 1. The number of aromatic amines is 1. The van der Waals surface area contributed by atoms with Gasteiger partial charge in [-0.2, -0.15) is 0 Å². The minimum atomic E-state index is -0.132. The van der Waals surface area contributed by atoms with Crippen LogP contribution in [0.4, 0.5) is 5.95 Å². The van der Waals surface area contributed by atoms with Crippen LogP contribution in [-0.2, 0) is 6.61 Å². The average molecular weight is 494 g/mol. The molecule has 0 saturated carbocycles. The van der Waals surface area contributed by atoms with Crippen LogP contribution in [0.1, 0.15) is 21.6 Å². The molecule has 0 radical (unpaired) electrons. The van der Waals surface area contributed by atoms with Crippen molar-refractivity contribution in [2.75, 3.05) is 31.1 Å². The van der Waals surface area contributed by atoms with E-state index in [2.05, 4.69) is 26.9 Å². The number of aromatic nitrogens is 3. The van der Waals surface area contributed by atoms with Crippen LogP contribution >= 0.6 is 0 Å². The van der Waals surface area contributed by atoms with Crippen molar-refractivity contribution in [2.24, 2.45) is 0 Å². The summed E-state index contributed by atoms with van der Waals surface area (Å²) in [7, 11) is 0. The van der Waals surface area contributed by atoms with Crippen LogP contribution in [-0.4, -0.2) is 57.2 Å². The first-order valence-corrected chi connectivity index (χ1v) is 12.4. The quantitative estimate of drug-likeness (QED) is 0.370. The number of hydrogen-bond donors (Lipinski definition) is 2. The summed E-state index contributed by atoms with van der Waals surface area (Å²) in [5.74, 6) is 1.25. The number of hydrogen-bond acceptors (Lipinski definition) is 6. The molecular weight excluding hydrogens is 466 g/mol. The highest BCUT2D eigenvalue weighted by atomic mass is 16.5. The van der Waals surface area contributed by atoms with Crippen molar-refractivity contribution in [1.82, 2.24) is 20.0 Å². The maximum atomic E-state index is 13.1. The van der Waals surface area contributed by atoms with Gasteiger partial charge in [-0.25, -0.2) is 4.98 Å². The summed E-state index contributed by atoms with van der Waals surface area (Å²) in [5.41, 5.74) is 7.24. The fourth-order valence-electron chi connectivity index (χ4n) is 4.78. The number of carbonyl (C=O) groups excluding carboxylic acids is 1. The van der Waals surface area contributed by atoms with Gasteiger partial charge in [-0.05, 0) is 47.4 Å². The van der Waals surface area contributed by atoms with Crippen LogP contribution in [0.5, 0.6) is 0 Å². The molecule has 2 N–H and O–H groups in total. The van der Waals surface area contributed by atoms with Gasteiger partial charge in [-0.1, -0.05) is 53.7 Å². The smallest absolute Gasteiger partial charge is 0.276 e. The van der Waals surface area contributed by atoms with E-state index in [0.29, 0.717) is 37.6 Å². The molecule has 186 valence electrons. The number of H-pyrrole nitrogens is 1. The van der Waals surface area contributed by atoms with E-state index in [1.165, 1.54) is 0 Å². The number of aliphatic hydroxyl groups is 1. The molecule has 1 aliphatic rings. The Morgan fingerprint density at radius 3 is 2.49 bits per heavy atom. The van der Waals surface area contributed by atoms with Gasteiger partial charge < -0.3 is 24.4 Å². The van der Waals surface area contributed by atoms with Gasteiger partial charge in [0.2, 0.25) is 5.95 Å². The van der Waals surface area contributed by atoms with Gasteiger partial charge in [0.25, 0.3) is 5.91 Å². The van der Waals surface area contributed by atoms with Crippen molar-refractivity contribution in [3.05, 3.63) is 89.6 Å². The highest BCUT2D eigenvalue weighted by Crippen LogP contribution is 2.29. The number of nitrogens with zero attached hydrogens (tertiary/aromatic N) is 4. The lowest BCUT2D eigenvalue weighted by Gasteiger charge is -2.34. The van der Waals surface area contributed by atoms with Crippen LogP contribution in [0.15, 0.2) is 77.3 Å². The van der Waals surface area contributed by atoms with E-state index < -0.39 is 0 Å². The zero-order valence-corrected chi connectivity index (χ0v) is 20.5. The number of anilines is 1. The van der Waals surface area contributed by atoms with Crippen molar-refractivity contribution in [3.8, 4) is 22.5 Å². The van der Waals surface area contributed by atoms with Gasteiger partial charge in [-0.15, -0.1) is 0 Å². The number of carbonyl (C=O) groups is 1. The lowest BCUT2D eigenvalue weighted by Crippen LogP contribution is -2.49. The molecule has 0 aliphatic carbocycles. The van der Waals surface area contributed by atoms with Gasteiger partial charge >= 0.3 is 0 Å². The van der Waals surface area contributed by atoms with Crippen molar-refractivity contribution in [3.63, 3.8) is 0 Å². The van der Waals surface area contributed by atoms with Crippen molar-refractivity contribution < 1.29 is 14.4 Å². The number of amides is 1. The summed E-state index contributed by atoms with van der Waals surface area (Å²) in [6, 6.07) is 23.6. The normalized spacial score (nSPS) is 13.9. The minimum Gasteiger partial charge on any atom is -0.392 e.